The summed E-state index contributed by atoms with van der Waals surface area (Å²) in [5, 5.41) is 3.92. The zero-order valence-electron chi connectivity index (χ0n) is 17.2. The molecule has 0 spiro atoms. The Bertz CT molecular complexity index is 961. The molecule has 152 valence electrons. The van der Waals surface area contributed by atoms with Gasteiger partial charge in [0.25, 0.3) is 10.0 Å². The number of hydrazone groups is 1. The van der Waals surface area contributed by atoms with Crippen LogP contribution in [-0.4, -0.2) is 28.3 Å². The second kappa shape index (κ2) is 8.65. The quantitative estimate of drug-likeness (QED) is 0.559. The Balaban J connectivity index is 2.25. The molecule has 0 aliphatic heterocycles. The minimum atomic E-state index is -3.78. The predicted molar refractivity (Wildman–Crippen MR) is 112 cm³/mol. The van der Waals surface area contributed by atoms with Crippen LogP contribution in [0.5, 0.6) is 11.5 Å². The summed E-state index contributed by atoms with van der Waals surface area (Å²) < 4.78 is 36.2. The average molecular weight is 405 g/mol. The molecule has 0 bridgehead atoms. The molecule has 0 fully saturated rings. The van der Waals surface area contributed by atoms with Crippen molar-refractivity contribution in [2.45, 2.75) is 44.9 Å². The molecular formula is C21H28N2O4S. The van der Waals surface area contributed by atoms with Gasteiger partial charge in [-0.25, -0.2) is 4.83 Å². The van der Waals surface area contributed by atoms with Gasteiger partial charge in [0.1, 0.15) is 0 Å². The molecule has 0 unspecified atom stereocenters. The average Bonchev–Trinajstić information content (AvgIpc) is 2.61. The lowest BCUT2D eigenvalue weighted by Gasteiger charge is -2.20. The molecular weight excluding hydrogens is 376 g/mol. The molecule has 0 saturated heterocycles. The highest BCUT2D eigenvalue weighted by Crippen LogP contribution is 2.28. The standard InChI is InChI=1S/C21H28N2O4S/c1-7-27-19-12-16(9-11-18(19)26-6)14-22-23-28(24,25)20-13-17(21(3,4)5)10-8-15(20)2/h8-14,23H,7H2,1-6H3/b22-14+. The molecule has 0 aliphatic rings. The van der Waals surface area contributed by atoms with E-state index in [0.29, 0.717) is 29.2 Å². The zero-order valence-corrected chi connectivity index (χ0v) is 18.1. The van der Waals surface area contributed by atoms with Gasteiger partial charge in [0, 0.05) is 0 Å². The smallest absolute Gasteiger partial charge is 0.276 e. The van der Waals surface area contributed by atoms with Gasteiger partial charge < -0.3 is 9.47 Å². The Morgan fingerprint density at radius 2 is 1.82 bits per heavy atom. The first kappa shape index (κ1) is 21.8. The van der Waals surface area contributed by atoms with E-state index in [9.17, 15) is 8.42 Å². The SMILES string of the molecule is CCOc1cc(/C=N/NS(=O)(=O)c2cc(C(C)(C)C)ccc2C)ccc1OC. The highest BCUT2D eigenvalue weighted by Gasteiger charge is 2.21. The fraction of sp³-hybridized carbons (Fsp3) is 0.381. The van der Waals surface area contributed by atoms with E-state index in [1.54, 1.807) is 38.3 Å². The van der Waals surface area contributed by atoms with Gasteiger partial charge in [-0.05, 0) is 60.2 Å². The van der Waals surface area contributed by atoms with Gasteiger partial charge in [-0.15, -0.1) is 0 Å². The van der Waals surface area contributed by atoms with E-state index in [-0.39, 0.29) is 10.3 Å². The molecule has 28 heavy (non-hydrogen) atoms. The lowest BCUT2D eigenvalue weighted by Crippen LogP contribution is -2.21. The normalized spacial score (nSPS) is 12.2. The van der Waals surface area contributed by atoms with Gasteiger partial charge in [0.2, 0.25) is 0 Å². The van der Waals surface area contributed by atoms with Gasteiger partial charge in [0.15, 0.2) is 11.5 Å². The van der Waals surface area contributed by atoms with E-state index in [1.807, 2.05) is 39.8 Å². The molecule has 0 amide bonds. The first-order valence-corrected chi connectivity index (χ1v) is 10.5. The summed E-state index contributed by atoms with van der Waals surface area (Å²) in [6, 6.07) is 10.7. The predicted octanol–water partition coefficient (Wildman–Crippen LogP) is 4.01. The molecule has 0 aromatic heterocycles. The van der Waals surface area contributed by atoms with Crippen molar-refractivity contribution in [3.05, 3.63) is 53.1 Å². The molecule has 7 heteroatoms. The van der Waals surface area contributed by atoms with E-state index in [1.165, 1.54) is 6.21 Å². The van der Waals surface area contributed by atoms with Crippen molar-refractivity contribution < 1.29 is 17.9 Å². The zero-order chi connectivity index (χ0) is 20.9. The molecule has 0 atom stereocenters. The summed E-state index contributed by atoms with van der Waals surface area (Å²) in [6.45, 7) is 10.3. The Morgan fingerprint density at radius 3 is 2.43 bits per heavy atom. The van der Waals surface area contributed by atoms with Gasteiger partial charge in [-0.3, -0.25) is 0 Å². The molecule has 2 aromatic carbocycles. The number of hydrogen-bond acceptors (Lipinski definition) is 5. The fourth-order valence-corrected chi connectivity index (χ4v) is 3.68. The van der Waals surface area contributed by atoms with Crippen LogP contribution in [0.15, 0.2) is 46.4 Å². The lowest BCUT2D eigenvalue weighted by molar-refractivity contribution is 0.311. The number of aryl methyl sites for hydroxylation is 1. The van der Waals surface area contributed by atoms with Crippen molar-refractivity contribution in [2.75, 3.05) is 13.7 Å². The van der Waals surface area contributed by atoms with Crippen LogP contribution >= 0.6 is 0 Å². The van der Waals surface area contributed by atoms with Crippen LogP contribution < -0.4 is 14.3 Å². The Morgan fingerprint density at radius 1 is 1.11 bits per heavy atom. The molecule has 1 N–H and O–H groups in total. The van der Waals surface area contributed by atoms with Crippen LogP contribution in [0.2, 0.25) is 0 Å². The van der Waals surface area contributed by atoms with Crippen molar-refractivity contribution in [1.29, 1.82) is 0 Å². The Kier molecular flexibility index (Phi) is 6.72. The second-order valence-electron chi connectivity index (χ2n) is 7.43. The maximum absolute atomic E-state index is 12.7. The van der Waals surface area contributed by atoms with Crippen molar-refractivity contribution >= 4 is 16.2 Å². The first-order chi connectivity index (χ1) is 13.1. The third-order valence-electron chi connectivity index (χ3n) is 4.22. The summed E-state index contributed by atoms with van der Waals surface area (Å²) in [5.41, 5.74) is 2.14. The number of nitrogens with one attached hydrogen (secondary N) is 1. The van der Waals surface area contributed by atoms with E-state index in [2.05, 4.69) is 9.93 Å². The minimum absolute atomic E-state index is 0.153. The van der Waals surface area contributed by atoms with Gasteiger partial charge in [-0.2, -0.15) is 13.5 Å². The van der Waals surface area contributed by atoms with E-state index < -0.39 is 10.0 Å². The van der Waals surface area contributed by atoms with Crippen molar-refractivity contribution in [3.8, 4) is 11.5 Å². The highest BCUT2D eigenvalue weighted by atomic mass is 32.2. The number of benzene rings is 2. The summed E-state index contributed by atoms with van der Waals surface area (Å²) in [6.07, 6.45) is 1.43. The Hall–Kier alpha value is -2.54. The van der Waals surface area contributed by atoms with Crippen LogP contribution in [0.25, 0.3) is 0 Å². The van der Waals surface area contributed by atoms with E-state index in [4.69, 9.17) is 9.47 Å². The number of hydrogen-bond donors (Lipinski definition) is 1. The molecule has 0 aliphatic carbocycles. The van der Waals surface area contributed by atoms with E-state index >= 15 is 0 Å². The van der Waals surface area contributed by atoms with Crippen LogP contribution in [0.4, 0.5) is 0 Å². The van der Waals surface area contributed by atoms with Gasteiger partial charge >= 0.3 is 0 Å². The van der Waals surface area contributed by atoms with Gasteiger partial charge in [0.05, 0.1) is 24.8 Å². The monoisotopic (exact) mass is 404 g/mol. The maximum atomic E-state index is 12.7. The Labute approximate surface area is 167 Å². The largest absolute Gasteiger partial charge is 0.493 e. The molecule has 0 saturated carbocycles. The molecule has 0 radical (unpaired) electrons. The highest BCUT2D eigenvalue weighted by molar-refractivity contribution is 7.89. The number of ether oxygens (including phenoxy) is 2. The maximum Gasteiger partial charge on any atom is 0.276 e. The lowest BCUT2D eigenvalue weighted by atomic mass is 9.87. The number of nitrogens with zero attached hydrogens (tertiary/aromatic N) is 1. The minimum Gasteiger partial charge on any atom is -0.493 e. The van der Waals surface area contributed by atoms with E-state index in [0.717, 1.165) is 5.56 Å². The third-order valence-corrected chi connectivity index (χ3v) is 5.58. The molecule has 6 nitrogen and oxygen atoms in total. The molecule has 2 rings (SSSR count). The van der Waals surface area contributed by atoms with Crippen molar-refractivity contribution in [2.24, 2.45) is 5.10 Å². The summed E-state index contributed by atoms with van der Waals surface area (Å²) in [4.78, 5) is 2.52. The van der Waals surface area contributed by atoms with Crippen molar-refractivity contribution in [3.63, 3.8) is 0 Å². The van der Waals surface area contributed by atoms with Crippen LogP contribution in [-0.2, 0) is 15.4 Å². The first-order valence-electron chi connectivity index (χ1n) is 9.05. The second-order valence-corrected chi connectivity index (χ2v) is 9.06. The van der Waals surface area contributed by atoms with Crippen molar-refractivity contribution in [1.82, 2.24) is 4.83 Å². The van der Waals surface area contributed by atoms with Gasteiger partial charge in [-0.1, -0.05) is 32.9 Å². The fourth-order valence-electron chi connectivity index (χ4n) is 2.62. The summed E-state index contributed by atoms with van der Waals surface area (Å²) in [5.74, 6) is 1.18. The molecule has 2 aromatic rings. The van der Waals surface area contributed by atoms with Crippen LogP contribution in [0.3, 0.4) is 0 Å². The number of rotatable bonds is 7. The number of sulfonamides is 1. The number of methoxy groups -OCH3 is 1. The summed E-state index contributed by atoms with van der Waals surface area (Å²) >= 11 is 0. The van der Waals surface area contributed by atoms with Crippen LogP contribution in [0.1, 0.15) is 44.4 Å². The van der Waals surface area contributed by atoms with Crippen LogP contribution in [0, 0.1) is 6.92 Å². The molecule has 0 heterocycles. The summed E-state index contributed by atoms with van der Waals surface area (Å²) in [7, 11) is -2.22. The third kappa shape index (κ3) is 5.25. The topological polar surface area (TPSA) is 77.0 Å².